The Bertz CT molecular complexity index is 1300. The van der Waals surface area contributed by atoms with Crippen LogP contribution in [-0.4, -0.2) is 12.6 Å². The molecule has 5 nitrogen and oxygen atoms in total. The van der Waals surface area contributed by atoms with Gasteiger partial charge < -0.3 is 13.9 Å². The standard InChI is InChI=1S/C35H45F3O5/c1-2-3-4-5-6-7-8-9-10-11-12-13-14-15-16-17-24-41-29-20-22-30(23-21-29)42-33(39)31-25-27-18-19-28(35(36,37)38)26-32(27)43-34(31)40/h18-23,25-26H,2-17,24H2,1H3. The van der Waals surface area contributed by atoms with Crippen LogP contribution in [0.5, 0.6) is 11.5 Å². The number of rotatable bonds is 20. The molecule has 0 aliphatic heterocycles. The van der Waals surface area contributed by atoms with E-state index in [2.05, 4.69) is 6.92 Å². The van der Waals surface area contributed by atoms with E-state index in [-0.39, 0.29) is 16.7 Å². The van der Waals surface area contributed by atoms with Gasteiger partial charge in [0.1, 0.15) is 22.6 Å². The van der Waals surface area contributed by atoms with Gasteiger partial charge in [-0.25, -0.2) is 9.59 Å². The maximum absolute atomic E-state index is 12.9. The summed E-state index contributed by atoms with van der Waals surface area (Å²) >= 11 is 0. The Morgan fingerprint density at radius 3 is 1.74 bits per heavy atom. The van der Waals surface area contributed by atoms with Crippen LogP contribution in [0.1, 0.15) is 126 Å². The lowest BCUT2D eigenvalue weighted by Crippen LogP contribution is -2.18. The highest BCUT2D eigenvalue weighted by Crippen LogP contribution is 2.31. The van der Waals surface area contributed by atoms with Crippen molar-refractivity contribution in [3.8, 4) is 11.5 Å². The average molecular weight is 603 g/mol. The highest BCUT2D eigenvalue weighted by atomic mass is 19.4. The summed E-state index contributed by atoms with van der Waals surface area (Å²) in [5, 5.41) is 0.178. The molecule has 0 aliphatic carbocycles. The molecule has 3 aromatic rings. The third kappa shape index (κ3) is 12.5. The second kappa shape index (κ2) is 18.4. The molecule has 0 spiro atoms. The minimum Gasteiger partial charge on any atom is -0.494 e. The summed E-state index contributed by atoms with van der Waals surface area (Å²) < 4.78 is 54.8. The van der Waals surface area contributed by atoms with Crippen molar-refractivity contribution in [3.05, 3.63) is 70.1 Å². The first-order chi connectivity index (χ1) is 20.8. The van der Waals surface area contributed by atoms with E-state index in [0.29, 0.717) is 12.4 Å². The molecule has 236 valence electrons. The molecule has 0 aliphatic rings. The predicted octanol–water partition coefficient (Wildman–Crippen LogP) is 10.7. The van der Waals surface area contributed by atoms with Crippen LogP contribution in [0, 0.1) is 0 Å². The van der Waals surface area contributed by atoms with E-state index in [1.165, 1.54) is 96.0 Å². The van der Waals surface area contributed by atoms with Gasteiger partial charge in [0.05, 0.1) is 12.2 Å². The number of benzene rings is 2. The average Bonchev–Trinajstić information content (AvgIpc) is 2.98. The zero-order valence-electron chi connectivity index (χ0n) is 25.3. The van der Waals surface area contributed by atoms with Gasteiger partial charge in [-0.1, -0.05) is 109 Å². The SMILES string of the molecule is CCCCCCCCCCCCCCCCCCOc1ccc(OC(=O)c2cc3ccc(C(F)(F)F)cc3oc2=O)cc1. The van der Waals surface area contributed by atoms with Gasteiger partial charge in [0, 0.05) is 5.39 Å². The number of carbonyl (C=O) groups is 1. The normalized spacial score (nSPS) is 11.6. The lowest BCUT2D eigenvalue weighted by molar-refractivity contribution is -0.137. The molecule has 8 heteroatoms. The van der Waals surface area contributed by atoms with E-state index >= 15 is 0 Å². The first-order valence-corrected chi connectivity index (χ1v) is 15.9. The largest absolute Gasteiger partial charge is 0.494 e. The molecule has 2 aromatic carbocycles. The number of alkyl halides is 3. The molecule has 43 heavy (non-hydrogen) atoms. The Morgan fingerprint density at radius 1 is 0.698 bits per heavy atom. The van der Waals surface area contributed by atoms with Crippen molar-refractivity contribution in [2.24, 2.45) is 0 Å². The topological polar surface area (TPSA) is 65.7 Å². The van der Waals surface area contributed by atoms with Gasteiger partial charge >= 0.3 is 17.8 Å². The quantitative estimate of drug-likeness (QED) is 0.0557. The van der Waals surface area contributed by atoms with Crippen LogP contribution >= 0.6 is 0 Å². The number of fused-ring (bicyclic) bond motifs is 1. The molecule has 0 bridgehead atoms. The van der Waals surface area contributed by atoms with Crippen molar-refractivity contribution >= 4 is 16.9 Å². The van der Waals surface area contributed by atoms with Crippen LogP contribution in [0.4, 0.5) is 13.2 Å². The molecule has 0 atom stereocenters. The number of halogens is 3. The minimum atomic E-state index is -4.58. The Balaban J connectivity index is 1.26. The Labute approximate surface area is 252 Å². The molecule has 0 N–H and O–H groups in total. The number of unbranched alkanes of at least 4 members (excludes halogenated alkanes) is 15. The van der Waals surface area contributed by atoms with E-state index in [1.807, 2.05) is 0 Å². The van der Waals surface area contributed by atoms with Gasteiger partial charge in [-0.15, -0.1) is 0 Å². The minimum absolute atomic E-state index is 0.178. The van der Waals surface area contributed by atoms with Crippen LogP contribution in [0.25, 0.3) is 11.0 Å². The van der Waals surface area contributed by atoms with Gasteiger partial charge in [-0.05, 0) is 48.9 Å². The predicted molar refractivity (Wildman–Crippen MR) is 164 cm³/mol. The van der Waals surface area contributed by atoms with Crippen molar-refractivity contribution in [1.29, 1.82) is 0 Å². The van der Waals surface area contributed by atoms with E-state index in [9.17, 15) is 22.8 Å². The summed E-state index contributed by atoms with van der Waals surface area (Å²) in [5.74, 6) is -0.115. The highest BCUT2D eigenvalue weighted by Gasteiger charge is 2.31. The Morgan fingerprint density at radius 2 is 1.21 bits per heavy atom. The fourth-order valence-corrected chi connectivity index (χ4v) is 5.04. The zero-order chi connectivity index (χ0) is 30.9. The molecular formula is C35H45F3O5. The van der Waals surface area contributed by atoms with Crippen LogP contribution < -0.4 is 15.1 Å². The van der Waals surface area contributed by atoms with Crippen molar-refractivity contribution in [1.82, 2.24) is 0 Å². The van der Waals surface area contributed by atoms with Crippen LogP contribution in [0.2, 0.25) is 0 Å². The van der Waals surface area contributed by atoms with Gasteiger partial charge in [0.25, 0.3) is 0 Å². The maximum atomic E-state index is 12.9. The van der Waals surface area contributed by atoms with Crippen molar-refractivity contribution in [3.63, 3.8) is 0 Å². The number of esters is 1. The fraction of sp³-hybridized carbons (Fsp3) is 0.543. The Hall–Kier alpha value is -3.29. The fourth-order valence-electron chi connectivity index (χ4n) is 5.04. The molecule has 0 saturated heterocycles. The van der Waals surface area contributed by atoms with Gasteiger partial charge in [-0.3, -0.25) is 0 Å². The lowest BCUT2D eigenvalue weighted by atomic mass is 10.0. The van der Waals surface area contributed by atoms with Gasteiger partial charge in [0.15, 0.2) is 0 Å². The van der Waals surface area contributed by atoms with E-state index in [4.69, 9.17) is 13.9 Å². The number of ether oxygens (including phenoxy) is 2. The number of carbonyl (C=O) groups excluding carboxylic acids is 1. The number of hydrogen-bond donors (Lipinski definition) is 0. The molecule has 0 saturated carbocycles. The molecule has 3 rings (SSSR count). The molecular weight excluding hydrogens is 557 g/mol. The maximum Gasteiger partial charge on any atom is 0.416 e. The third-order valence-electron chi connectivity index (χ3n) is 7.58. The zero-order valence-corrected chi connectivity index (χ0v) is 25.3. The van der Waals surface area contributed by atoms with Crippen LogP contribution in [-0.2, 0) is 6.18 Å². The van der Waals surface area contributed by atoms with Crippen molar-refractivity contribution in [2.45, 2.75) is 116 Å². The summed E-state index contributed by atoms with van der Waals surface area (Å²) in [5.41, 5.74) is -2.69. The summed E-state index contributed by atoms with van der Waals surface area (Å²) in [6, 6.07) is 10.4. The number of hydrogen-bond acceptors (Lipinski definition) is 5. The monoisotopic (exact) mass is 602 g/mol. The smallest absolute Gasteiger partial charge is 0.416 e. The molecule has 1 heterocycles. The molecule has 0 amide bonds. The molecule has 0 fully saturated rings. The molecule has 0 unspecified atom stereocenters. The van der Waals surface area contributed by atoms with E-state index < -0.39 is 28.9 Å². The summed E-state index contributed by atoms with van der Waals surface area (Å²) in [6.07, 6.45) is 16.4. The van der Waals surface area contributed by atoms with Gasteiger partial charge in [-0.2, -0.15) is 13.2 Å². The molecule has 1 aromatic heterocycles. The third-order valence-corrected chi connectivity index (χ3v) is 7.58. The van der Waals surface area contributed by atoms with Crippen molar-refractivity contribution in [2.75, 3.05) is 6.61 Å². The summed E-state index contributed by atoms with van der Waals surface area (Å²) in [6.45, 7) is 2.86. The van der Waals surface area contributed by atoms with Gasteiger partial charge in [0.2, 0.25) is 0 Å². The Kier molecular flexibility index (Phi) is 14.6. The van der Waals surface area contributed by atoms with Crippen LogP contribution in [0.3, 0.4) is 0 Å². The molecule has 0 radical (unpaired) electrons. The highest BCUT2D eigenvalue weighted by molar-refractivity contribution is 5.94. The van der Waals surface area contributed by atoms with E-state index in [1.54, 1.807) is 24.3 Å². The van der Waals surface area contributed by atoms with E-state index in [0.717, 1.165) is 31.0 Å². The van der Waals surface area contributed by atoms with Crippen LogP contribution in [0.15, 0.2) is 57.7 Å². The first-order valence-electron chi connectivity index (χ1n) is 15.9. The second-order valence-corrected chi connectivity index (χ2v) is 11.2. The lowest BCUT2D eigenvalue weighted by Gasteiger charge is -2.09. The summed E-state index contributed by atoms with van der Waals surface area (Å²) in [4.78, 5) is 24.8. The van der Waals surface area contributed by atoms with Crippen molar-refractivity contribution < 1.29 is 31.9 Å². The second-order valence-electron chi connectivity index (χ2n) is 11.2. The first kappa shape index (κ1) is 34.2. The summed E-state index contributed by atoms with van der Waals surface area (Å²) in [7, 11) is 0.